The van der Waals surface area contributed by atoms with E-state index in [0.717, 1.165) is 5.76 Å². The molecule has 2 aromatic rings. The van der Waals surface area contributed by atoms with Gasteiger partial charge in [-0.3, -0.25) is 4.79 Å². The van der Waals surface area contributed by atoms with Crippen LogP contribution in [0.3, 0.4) is 0 Å². The van der Waals surface area contributed by atoms with Gasteiger partial charge in [-0.05, 0) is 37.3 Å². The molecule has 4 nitrogen and oxygen atoms in total. The summed E-state index contributed by atoms with van der Waals surface area (Å²) in [7, 11) is 0. The van der Waals surface area contributed by atoms with Crippen LogP contribution in [0.5, 0.6) is 0 Å². The molecule has 0 aliphatic heterocycles. The molecule has 0 aliphatic carbocycles. The molecule has 0 saturated carbocycles. The van der Waals surface area contributed by atoms with Gasteiger partial charge in [-0.25, -0.2) is 4.98 Å². The molecule has 1 N–H and O–H groups in total. The average Bonchev–Trinajstić information content (AvgIpc) is 2.76. The lowest BCUT2D eigenvalue weighted by Gasteiger charge is -2.02. The topological polar surface area (TPSA) is 55.1 Å². The minimum atomic E-state index is -0.293. The Morgan fingerprint density at radius 2 is 2.28 bits per heavy atom. The van der Waals surface area contributed by atoms with Crippen LogP contribution in [0.1, 0.15) is 11.5 Å². The second kappa shape index (κ2) is 5.51. The molecule has 0 aromatic carbocycles. The number of furan rings is 1. The van der Waals surface area contributed by atoms with Crippen molar-refractivity contribution in [1.29, 1.82) is 0 Å². The SMILES string of the molecule is Cc1ccc(C=CC(=O)Nc2cccnc2Cl)o1. The number of nitrogens with zero attached hydrogens (tertiary/aromatic N) is 1. The first-order valence-corrected chi connectivity index (χ1v) is 5.69. The van der Waals surface area contributed by atoms with Crippen molar-refractivity contribution in [2.45, 2.75) is 6.92 Å². The van der Waals surface area contributed by atoms with Crippen molar-refractivity contribution < 1.29 is 9.21 Å². The maximum absolute atomic E-state index is 11.6. The fourth-order valence-electron chi connectivity index (χ4n) is 1.35. The van der Waals surface area contributed by atoms with E-state index in [-0.39, 0.29) is 11.1 Å². The number of amides is 1. The minimum absolute atomic E-state index is 0.257. The summed E-state index contributed by atoms with van der Waals surface area (Å²) >= 11 is 5.82. The van der Waals surface area contributed by atoms with Gasteiger partial charge in [0, 0.05) is 12.3 Å². The quantitative estimate of drug-likeness (QED) is 0.682. The van der Waals surface area contributed by atoms with Crippen molar-refractivity contribution in [3.05, 3.63) is 53.2 Å². The second-order valence-electron chi connectivity index (χ2n) is 3.61. The van der Waals surface area contributed by atoms with Crippen LogP contribution in [-0.2, 0) is 4.79 Å². The van der Waals surface area contributed by atoms with Gasteiger partial charge in [0.05, 0.1) is 5.69 Å². The van der Waals surface area contributed by atoms with E-state index in [0.29, 0.717) is 11.4 Å². The van der Waals surface area contributed by atoms with Gasteiger partial charge < -0.3 is 9.73 Å². The molecule has 0 atom stereocenters. The van der Waals surface area contributed by atoms with Gasteiger partial charge in [0.1, 0.15) is 11.5 Å². The molecular formula is C13H11ClN2O2. The fraction of sp³-hybridized carbons (Fsp3) is 0.0769. The molecule has 92 valence electrons. The number of nitrogens with one attached hydrogen (secondary N) is 1. The molecule has 0 fully saturated rings. The van der Waals surface area contributed by atoms with Gasteiger partial charge in [0.2, 0.25) is 5.91 Å². The first kappa shape index (κ1) is 12.4. The number of hydrogen-bond acceptors (Lipinski definition) is 3. The zero-order valence-electron chi connectivity index (χ0n) is 9.68. The highest BCUT2D eigenvalue weighted by Crippen LogP contribution is 2.17. The number of carbonyl (C=O) groups excluding carboxylic acids is 1. The Morgan fingerprint density at radius 1 is 1.44 bits per heavy atom. The number of hydrogen-bond donors (Lipinski definition) is 1. The Labute approximate surface area is 109 Å². The predicted octanol–water partition coefficient (Wildman–Crippen LogP) is 3.29. The standard InChI is InChI=1S/C13H11ClN2O2/c1-9-4-5-10(18-9)6-7-12(17)16-11-3-2-8-15-13(11)14/h2-8H,1H3,(H,16,17). The molecule has 2 rings (SSSR count). The Balaban J connectivity index is 2.01. The van der Waals surface area contributed by atoms with Crippen LogP contribution >= 0.6 is 11.6 Å². The summed E-state index contributed by atoms with van der Waals surface area (Å²) in [6, 6.07) is 6.99. The first-order valence-electron chi connectivity index (χ1n) is 5.31. The van der Waals surface area contributed by atoms with Gasteiger partial charge in [-0.1, -0.05) is 11.6 Å². The summed E-state index contributed by atoms with van der Waals surface area (Å²) in [5.74, 6) is 1.13. The highest BCUT2D eigenvalue weighted by Gasteiger charge is 2.03. The van der Waals surface area contributed by atoms with E-state index in [4.69, 9.17) is 16.0 Å². The van der Waals surface area contributed by atoms with Crippen LogP contribution in [-0.4, -0.2) is 10.9 Å². The molecule has 5 heteroatoms. The fourth-order valence-corrected chi connectivity index (χ4v) is 1.52. The summed E-state index contributed by atoms with van der Waals surface area (Å²) < 4.78 is 5.30. The van der Waals surface area contributed by atoms with Gasteiger partial charge >= 0.3 is 0 Å². The summed E-state index contributed by atoms with van der Waals surface area (Å²) in [6.07, 6.45) is 4.52. The summed E-state index contributed by atoms with van der Waals surface area (Å²) in [6.45, 7) is 1.84. The number of anilines is 1. The maximum Gasteiger partial charge on any atom is 0.248 e. The zero-order chi connectivity index (χ0) is 13.0. The lowest BCUT2D eigenvalue weighted by molar-refractivity contribution is -0.111. The predicted molar refractivity (Wildman–Crippen MR) is 70.4 cm³/mol. The Hall–Kier alpha value is -2.07. The first-order chi connectivity index (χ1) is 8.65. The van der Waals surface area contributed by atoms with Crippen LogP contribution in [0.25, 0.3) is 6.08 Å². The molecule has 0 bridgehead atoms. The van der Waals surface area contributed by atoms with Crippen LogP contribution in [0.4, 0.5) is 5.69 Å². The van der Waals surface area contributed by atoms with Crippen molar-refractivity contribution in [3.63, 3.8) is 0 Å². The Bertz CT molecular complexity index is 590. The molecule has 2 heterocycles. The van der Waals surface area contributed by atoms with E-state index < -0.39 is 0 Å². The normalized spacial score (nSPS) is 10.8. The van der Waals surface area contributed by atoms with E-state index in [2.05, 4.69) is 10.3 Å². The molecule has 1 amide bonds. The van der Waals surface area contributed by atoms with Gasteiger partial charge in [-0.15, -0.1) is 0 Å². The molecule has 0 aliphatic rings. The lowest BCUT2D eigenvalue weighted by Crippen LogP contribution is -2.08. The van der Waals surface area contributed by atoms with Crippen molar-refractivity contribution >= 4 is 29.3 Å². The summed E-state index contributed by atoms with van der Waals surface area (Å²) in [5, 5.41) is 2.88. The van der Waals surface area contributed by atoms with E-state index >= 15 is 0 Å². The molecule has 0 radical (unpaired) electrons. The summed E-state index contributed by atoms with van der Waals surface area (Å²) in [5.41, 5.74) is 0.476. The molecule has 0 unspecified atom stereocenters. The molecule has 0 saturated heterocycles. The number of aryl methyl sites for hydroxylation is 1. The third-order valence-electron chi connectivity index (χ3n) is 2.18. The van der Waals surface area contributed by atoms with Gasteiger partial charge in [-0.2, -0.15) is 0 Å². The number of rotatable bonds is 3. The van der Waals surface area contributed by atoms with Crippen molar-refractivity contribution in [1.82, 2.24) is 4.98 Å². The van der Waals surface area contributed by atoms with Crippen molar-refractivity contribution in [2.75, 3.05) is 5.32 Å². The molecule has 2 aromatic heterocycles. The minimum Gasteiger partial charge on any atom is -0.462 e. The lowest BCUT2D eigenvalue weighted by atomic mass is 10.3. The Morgan fingerprint density at radius 3 is 2.94 bits per heavy atom. The van der Waals surface area contributed by atoms with E-state index in [1.807, 2.05) is 13.0 Å². The zero-order valence-corrected chi connectivity index (χ0v) is 10.4. The molecule has 0 spiro atoms. The van der Waals surface area contributed by atoms with Crippen LogP contribution in [0.15, 0.2) is 41.0 Å². The maximum atomic E-state index is 11.6. The summed E-state index contributed by atoms with van der Waals surface area (Å²) in [4.78, 5) is 15.5. The van der Waals surface area contributed by atoms with Crippen molar-refractivity contribution in [2.24, 2.45) is 0 Å². The van der Waals surface area contributed by atoms with Crippen molar-refractivity contribution in [3.8, 4) is 0 Å². The highest BCUT2D eigenvalue weighted by atomic mass is 35.5. The van der Waals surface area contributed by atoms with E-state index in [1.54, 1.807) is 30.5 Å². The third-order valence-corrected chi connectivity index (χ3v) is 2.48. The molecule has 18 heavy (non-hydrogen) atoms. The van der Waals surface area contributed by atoms with Gasteiger partial charge in [0.15, 0.2) is 5.15 Å². The monoisotopic (exact) mass is 262 g/mol. The van der Waals surface area contributed by atoms with E-state index in [1.165, 1.54) is 6.08 Å². The number of halogens is 1. The largest absolute Gasteiger partial charge is 0.462 e. The average molecular weight is 263 g/mol. The number of pyridine rings is 1. The number of aromatic nitrogens is 1. The third kappa shape index (κ3) is 3.21. The van der Waals surface area contributed by atoms with Crippen LogP contribution < -0.4 is 5.32 Å². The van der Waals surface area contributed by atoms with E-state index in [9.17, 15) is 4.79 Å². The number of carbonyl (C=O) groups is 1. The van der Waals surface area contributed by atoms with Gasteiger partial charge in [0.25, 0.3) is 0 Å². The van der Waals surface area contributed by atoms with Crippen LogP contribution in [0, 0.1) is 6.92 Å². The smallest absolute Gasteiger partial charge is 0.248 e. The van der Waals surface area contributed by atoms with Crippen LogP contribution in [0.2, 0.25) is 5.15 Å². The Kier molecular flexibility index (Phi) is 3.79. The second-order valence-corrected chi connectivity index (χ2v) is 3.97. The molecular weight excluding hydrogens is 252 g/mol. The highest BCUT2D eigenvalue weighted by molar-refractivity contribution is 6.32.